The molecule has 0 radical (unpaired) electrons. The van der Waals surface area contributed by atoms with Crippen molar-refractivity contribution in [3.05, 3.63) is 101 Å². The molecular weight excluding hydrogens is 511 g/mol. The maximum Gasteiger partial charge on any atom is 0.340 e. The highest BCUT2D eigenvalue weighted by Crippen LogP contribution is 2.36. The number of rotatable bonds is 7. The smallest absolute Gasteiger partial charge is 0.340 e. The first-order chi connectivity index (χ1) is 19.3. The molecule has 0 saturated carbocycles. The molecule has 5 rings (SSSR count). The highest BCUT2D eigenvalue weighted by Gasteiger charge is 2.51. The highest BCUT2D eigenvalue weighted by molar-refractivity contribution is 6.05. The van der Waals surface area contributed by atoms with Gasteiger partial charge in [-0.15, -0.1) is 0 Å². The molecule has 3 N–H and O–H groups in total. The first-order valence-corrected chi connectivity index (χ1v) is 13.5. The summed E-state index contributed by atoms with van der Waals surface area (Å²) in [5, 5.41) is 3.57. The normalized spacial score (nSPS) is 18.2. The number of ether oxygens (including phenoxy) is 1. The number of carbonyl (C=O) groups excluding carboxylic acids is 3. The monoisotopic (exact) mass is 544 g/mol. The second kappa shape index (κ2) is 11.5. The molecule has 3 aromatic carbocycles. The lowest BCUT2D eigenvalue weighted by molar-refractivity contribution is -0.134. The van der Waals surface area contributed by atoms with Crippen LogP contribution in [-0.4, -0.2) is 59.0 Å². The molecule has 2 aliphatic heterocycles. The zero-order chi connectivity index (χ0) is 28.3. The minimum Gasteiger partial charge on any atom is -0.462 e. The van der Waals surface area contributed by atoms with Crippen molar-refractivity contribution >= 4 is 23.5 Å². The molecule has 2 aliphatic rings. The summed E-state index contributed by atoms with van der Waals surface area (Å²) in [5.41, 5.74) is 7.45. The molecule has 0 bridgehead atoms. The van der Waals surface area contributed by atoms with E-state index < -0.39 is 17.7 Å². The number of nitrogens with zero attached hydrogens (tertiary/aromatic N) is 2. The van der Waals surface area contributed by atoms with E-state index in [1.165, 1.54) is 12.1 Å². The third kappa shape index (κ3) is 5.29. The third-order valence-corrected chi connectivity index (χ3v) is 7.80. The largest absolute Gasteiger partial charge is 0.462 e. The van der Waals surface area contributed by atoms with Gasteiger partial charge in [0.2, 0.25) is 5.91 Å². The lowest BCUT2D eigenvalue weighted by Gasteiger charge is -2.44. The van der Waals surface area contributed by atoms with E-state index >= 15 is 0 Å². The van der Waals surface area contributed by atoms with Crippen LogP contribution >= 0.6 is 0 Å². The fourth-order valence-corrected chi connectivity index (χ4v) is 5.68. The highest BCUT2D eigenvalue weighted by atomic mass is 19.1. The zero-order valence-corrected chi connectivity index (χ0v) is 22.4. The van der Waals surface area contributed by atoms with Crippen molar-refractivity contribution in [3.8, 4) is 0 Å². The van der Waals surface area contributed by atoms with Crippen molar-refractivity contribution in [2.45, 2.75) is 44.4 Å². The van der Waals surface area contributed by atoms with Gasteiger partial charge < -0.3 is 20.3 Å². The van der Waals surface area contributed by atoms with Crippen molar-refractivity contribution in [2.24, 2.45) is 0 Å². The summed E-state index contributed by atoms with van der Waals surface area (Å²) in [6.07, 6.45) is 1.43. The zero-order valence-electron chi connectivity index (χ0n) is 22.4. The maximum atomic E-state index is 14.6. The summed E-state index contributed by atoms with van der Waals surface area (Å²) in [4.78, 5) is 42.9. The van der Waals surface area contributed by atoms with Crippen LogP contribution in [0.2, 0.25) is 0 Å². The number of para-hydroxylation sites is 1. The maximum absolute atomic E-state index is 14.6. The Morgan fingerprint density at radius 3 is 2.38 bits per heavy atom. The average molecular weight is 545 g/mol. The van der Waals surface area contributed by atoms with Crippen molar-refractivity contribution in [3.63, 3.8) is 0 Å². The van der Waals surface area contributed by atoms with Crippen molar-refractivity contribution in [1.82, 2.24) is 15.1 Å². The number of likely N-dealkylation sites (tertiary alicyclic amines) is 1. The molecule has 1 spiro atoms. The summed E-state index contributed by atoms with van der Waals surface area (Å²) < 4.78 is 19.7. The van der Waals surface area contributed by atoms with Crippen LogP contribution in [0, 0.1) is 5.82 Å². The quantitative estimate of drug-likeness (QED) is 0.347. The van der Waals surface area contributed by atoms with E-state index in [9.17, 15) is 18.8 Å². The van der Waals surface area contributed by atoms with Crippen LogP contribution in [0.3, 0.4) is 0 Å². The Labute approximate surface area is 232 Å². The van der Waals surface area contributed by atoms with Crippen LogP contribution in [0.5, 0.6) is 0 Å². The number of halogens is 1. The molecule has 8 nitrogen and oxygen atoms in total. The van der Waals surface area contributed by atoms with Crippen LogP contribution in [-0.2, 0) is 22.5 Å². The number of nitrogens with two attached hydrogens (primary N) is 1. The lowest BCUT2D eigenvalue weighted by Crippen LogP contribution is -2.59. The van der Waals surface area contributed by atoms with Crippen molar-refractivity contribution in [2.75, 3.05) is 25.4 Å². The van der Waals surface area contributed by atoms with E-state index in [0.717, 1.165) is 5.56 Å². The second-order valence-electron chi connectivity index (χ2n) is 10.2. The number of amides is 2. The number of benzene rings is 3. The van der Waals surface area contributed by atoms with Gasteiger partial charge in [-0.2, -0.15) is 0 Å². The molecule has 9 heteroatoms. The Hall–Kier alpha value is -4.24. The van der Waals surface area contributed by atoms with Crippen LogP contribution in [0.1, 0.15) is 51.6 Å². The van der Waals surface area contributed by atoms with Crippen LogP contribution in [0.4, 0.5) is 10.1 Å². The summed E-state index contributed by atoms with van der Waals surface area (Å²) >= 11 is 0. The van der Waals surface area contributed by atoms with E-state index in [1.54, 1.807) is 47.1 Å². The molecule has 2 saturated heterocycles. The Bertz CT molecular complexity index is 1410. The van der Waals surface area contributed by atoms with Crippen LogP contribution in [0.15, 0.2) is 72.8 Å². The minimum atomic E-state index is -0.728. The van der Waals surface area contributed by atoms with E-state index in [-0.39, 0.29) is 47.6 Å². The molecule has 3 aromatic rings. The number of nitrogens with one attached hydrogen (secondary N) is 1. The SMILES string of the molecule is CCOC(=O)c1cccc(C(=O)N2CCC3(CC2)NC(Cc2ccccc2)C(=O)N3Cc2ccccc2F)c1N. The molecule has 2 fully saturated rings. The summed E-state index contributed by atoms with van der Waals surface area (Å²) in [5.74, 6) is -1.31. The van der Waals surface area contributed by atoms with Crippen LogP contribution in [0.25, 0.3) is 0 Å². The third-order valence-electron chi connectivity index (χ3n) is 7.80. The Morgan fingerprint density at radius 2 is 1.68 bits per heavy atom. The molecule has 208 valence electrons. The van der Waals surface area contributed by atoms with Gasteiger partial charge in [-0.25, -0.2) is 9.18 Å². The van der Waals surface area contributed by atoms with Gasteiger partial charge in [0, 0.05) is 31.5 Å². The van der Waals surface area contributed by atoms with Crippen molar-refractivity contribution in [1.29, 1.82) is 0 Å². The molecule has 1 unspecified atom stereocenters. The number of hydrogen-bond acceptors (Lipinski definition) is 6. The number of hydrogen-bond donors (Lipinski definition) is 2. The van der Waals surface area contributed by atoms with Crippen molar-refractivity contribution < 1.29 is 23.5 Å². The van der Waals surface area contributed by atoms with E-state index in [1.807, 2.05) is 30.3 Å². The van der Waals surface area contributed by atoms with E-state index in [4.69, 9.17) is 10.5 Å². The van der Waals surface area contributed by atoms with Gasteiger partial charge in [0.1, 0.15) is 5.82 Å². The van der Waals surface area contributed by atoms with Gasteiger partial charge in [0.25, 0.3) is 5.91 Å². The molecular formula is C31H33FN4O4. The number of esters is 1. The number of nitrogen functional groups attached to an aromatic ring is 1. The number of piperidine rings is 1. The summed E-state index contributed by atoms with van der Waals surface area (Å²) in [6.45, 7) is 2.74. The topological polar surface area (TPSA) is 105 Å². The summed E-state index contributed by atoms with van der Waals surface area (Å²) in [7, 11) is 0. The Kier molecular flexibility index (Phi) is 7.84. The minimum absolute atomic E-state index is 0.0849. The summed E-state index contributed by atoms with van der Waals surface area (Å²) in [6, 6.07) is 20.5. The van der Waals surface area contributed by atoms with Gasteiger partial charge in [-0.05, 0) is 37.1 Å². The molecule has 0 aliphatic carbocycles. The van der Waals surface area contributed by atoms with E-state index in [0.29, 0.717) is 37.9 Å². The Morgan fingerprint density at radius 1 is 1.00 bits per heavy atom. The molecule has 40 heavy (non-hydrogen) atoms. The number of carbonyl (C=O) groups is 3. The van der Waals surface area contributed by atoms with Gasteiger partial charge in [0.05, 0.1) is 41.7 Å². The first kappa shape index (κ1) is 27.3. The van der Waals surface area contributed by atoms with E-state index in [2.05, 4.69) is 5.32 Å². The molecule has 2 heterocycles. The standard InChI is InChI=1S/C31H33FN4O4/c1-2-40-30(39)24-13-8-12-23(27(24)33)28(37)35-17-15-31(16-18-35)34-26(19-21-9-4-3-5-10-21)29(38)36(31)20-22-11-6-7-14-25(22)32/h3-14,26,34H,2,15-20,33H2,1H3. The second-order valence-corrected chi connectivity index (χ2v) is 10.2. The van der Waals surface area contributed by atoms with Crippen LogP contribution < -0.4 is 11.1 Å². The van der Waals surface area contributed by atoms with Gasteiger partial charge >= 0.3 is 5.97 Å². The first-order valence-electron chi connectivity index (χ1n) is 13.5. The van der Waals surface area contributed by atoms with Gasteiger partial charge in [0.15, 0.2) is 0 Å². The molecule has 1 atom stereocenters. The Balaban J connectivity index is 1.37. The predicted molar refractivity (Wildman–Crippen MR) is 149 cm³/mol. The average Bonchev–Trinajstić information content (AvgIpc) is 3.20. The van der Waals surface area contributed by atoms with Gasteiger partial charge in [-0.1, -0.05) is 54.6 Å². The van der Waals surface area contributed by atoms with Gasteiger partial charge in [-0.3, -0.25) is 14.9 Å². The molecule has 0 aromatic heterocycles. The molecule has 2 amide bonds. The predicted octanol–water partition coefficient (Wildman–Crippen LogP) is 3.76. The fourth-order valence-electron chi connectivity index (χ4n) is 5.68. The number of anilines is 1. The lowest BCUT2D eigenvalue weighted by atomic mass is 9.94. The fraction of sp³-hybridized carbons (Fsp3) is 0.323.